The molecule has 1 aliphatic carbocycles. The van der Waals surface area contributed by atoms with Gasteiger partial charge >= 0.3 is 0 Å². The monoisotopic (exact) mass is 279 g/mol. The van der Waals surface area contributed by atoms with Gasteiger partial charge in [-0.15, -0.1) is 0 Å². The average molecular weight is 279 g/mol. The maximum Gasteiger partial charge on any atom is 0.103 e. The van der Waals surface area contributed by atoms with Gasteiger partial charge < -0.3 is 10.2 Å². The van der Waals surface area contributed by atoms with Crippen LogP contribution in [0, 0.1) is 17.2 Å². The van der Waals surface area contributed by atoms with E-state index >= 15 is 0 Å². The van der Waals surface area contributed by atoms with Crippen molar-refractivity contribution < 1.29 is 0 Å². The van der Waals surface area contributed by atoms with Gasteiger partial charge in [-0.3, -0.25) is 0 Å². The first kappa shape index (κ1) is 17.5. The third-order valence-corrected chi connectivity index (χ3v) is 4.76. The number of nitriles is 1. The molecule has 0 aromatic rings. The van der Waals surface area contributed by atoms with Crippen molar-refractivity contribution in [2.75, 3.05) is 20.1 Å². The molecule has 1 fully saturated rings. The zero-order chi connectivity index (χ0) is 15.0. The summed E-state index contributed by atoms with van der Waals surface area (Å²) in [5.74, 6) is 0.778. The fraction of sp³-hybridized carbons (Fsp3) is 0.941. The minimum atomic E-state index is -0.362. The van der Waals surface area contributed by atoms with Crippen LogP contribution in [0.3, 0.4) is 0 Å². The van der Waals surface area contributed by atoms with Crippen LogP contribution in [0.15, 0.2) is 0 Å². The number of hydrogen-bond acceptors (Lipinski definition) is 3. The molecule has 1 N–H and O–H groups in total. The zero-order valence-electron chi connectivity index (χ0n) is 13.9. The Morgan fingerprint density at radius 3 is 2.45 bits per heavy atom. The fourth-order valence-corrected chi connectivity index (χ4v) is 3.04. The van der Waals surface area contributed by atoms with Crippen molar-refractivity contribution in [3.8, 4) is 6.07 Å². The van der Waals surface area contributed by atoms with E-state index in [0.29, 0.717) is 0 Å². The van der Waals surface area contributed by atoms with E-state index in [1.165, 1.54) is 38.6 Å². The summed E-state index contributed by atoms with van der Waals surface area (Å²) >= 11 is 0. The highest BCUT2D eigenvalue weighted by molar-refractivity contribution is 5.02. The molecule has 0 aromatic carbocycles. The van der Waals surface area contributed by atoms with Crippen LogP contribution in [0.25, 0.3) is 0 Å². The van der Waals surface area contributed by atoms with Crippen molar-refractivity contribution in [1.82, 2.24) is 10.2 Å². The average Bonchev–Trinajstić information content (AvgIpc) is 2.96. The first-order chi connectivity index (χ1) is 9.50. The van der Waals surface area contributed by atoms with E-state index in [1.54, 1.807) is 0 Å². The molecule has 0 aromatic heterocycles. The second kappa shape index (κ2) is 8.64. The lowest BCUT2D eigenvalue weighted by molar-refractivity contribution is 0.180. The standard InChI is InChI=1S/C17H33N3/c1-15(2)10-13-20(16-8-5-6-9-16)12-7-11-17(3,14-18)19-4/h15-16,19H,5-13H2,1-4H3. The highest BCUT2D eigenvalue weighted by atomic mass is 15.2. The second-order valence-electron chi connectivity index (χ2n) is 6.95. The molecule has 0 bridgehead atoms. The van der Waals surface area contributed by atoms with Gasteiger partial charge in [-0.2, -0.15) is 5.26 Å². The Kier molecular flexibility index (Phi) is 7.55. The van der Waals surface area contributed by atoms with Crippen molar-refractivity contribution in [2.45, 2.75) is 77.3 Å². The van der Waals surface area contributed by atoms with Gasteiger partial charge in [0.1, 0.15) is 5.54 Å². The van der Waals surface area contributed by atoms with Crippen molar-refractivity contribution in [1.29, 1.82) is 5.26 Å². The molecule has 0 heterocycles. The van der Waals surface area contributed by atoms with E-state index in [0.717, 1.165) is 31.3 Å². The van der Waals surface area contributed by atoms with Gasteiger partial charge in [0, 0.05) is 6.04 Å². The third-order valence-electron chi connectivity index (χ3n) is 4.76. The van der Waals surface area contributed by atoms with Crippen LogP contribution in [0.4, 0.5) is 0 Å². The van der Waals surface area contributed by atoms with E-state index in [2.05, 4.69) is 30.1 Å². The van der Waals surface area contributed by atoms with Crippen molar-refractivity contribution in [3.63, 3.8) is 0 Å². The number of nitrogens with zero attached hydrogens (tertiary/aromatic N) is 2. The molecule has 0 amide bonds. The summed E-state index contributed by atoms with van der Waals surface area (Å²) in [5.41, 5.74) is -0.362. The first-order valence-electron chi connectivity index (χ1n) is 8.35. The van der Waals surface area contributed by atoms with Crippen LogP contribution in [-0.4, -0.2) is 36.6 Å². The van der Waals surface area contributed by atoms with Crippen molar-refractivity contribution >= 4 is 0 Å². The molecule has 0 radical (unpaired) electrons. The van der Waals surface area contributed by atoms with Crippen LogP contribution in [0.5, 0.6) is 0 Å². The molecule has 3 heteroatoms. The Morgan fingerprint density at radius 2 is 1.95 bits per heavy atom. The molecule has 1 rings (SSSR count). The molecular formula is C17H33N3. The SMILES string of the molecule is CNC(C)(C#N)CCCN(CCC(C)C)C1CCCC1. The highest BCUT2D eigenvalue weighted by Gasteiger charge is 2.24. The Balaban J connectivity index is 2.41. The second-order valence-corrected chi connectivity index (χ2v) is 6.95. The normalized spacial score (nSPS) is 19.4. The molecule has 20 heavy (non-hydrogen) atoms. The smallest absolute Gasteiger partial charge is 0.103 e. The molecule has 1 atom stereocenters. The number of hydrogen-bond donors (Lipinski definition) is 1. The minimum Gasteiger partial charge on any atom is -0.303 e. The lowest BCUT2D eigenvalue weighted by Gasteiger charge is -2.30. The minimum absolute atomic E-state index is 0.362. The highest BCUT2D eigenvalue weighted by Crippen LogP contribution is 2.25. The summed E-state index contributed by atoms with van der Waals surface area (Å²) < 4.78 is 0. The summed E-state index contributed by atoms with van der Waals surface area (Å²) in [6, 6.07) is 3.19. The van der Waals surface area contributed by atoms with E-state index < -0.39 is 0 Å². The summed E-state index contributed by atoms with van der Waals surface area (Å²) in [4.78, 5) is 2.69. The van der Waals surface area contributed by atoms with Crippen LogP contribution < -0.4 is 5.32 Å². The summed E-state index contributed by atoms with van der Waals surface area (Å²) in [7, 11) is 1.89. The molecule has 0 spiro atoms. The van der Waals surface area contributed by atoms with Gasteiger partial charge in [0.2, 0.25) is 0 Å². The molecule has 1 unspecified atom stereocenters. The predicted octanol–water partition coefficient (Wildman–Crippen LogP) is 3.56. The third kappa shape index (κ3) is 5.81. The summed E-state index contributed by atoms with van der Waals surface area (Å²) in [6.45, 7) is 8.99. The zero-order valence-corrected chi connectivity index (χ0v) is 13.9. The van der Waals surface area contributed by atoms with E-state index in [9.17, 15) is 5.26 Å². The van der Waals surface area contributed by atoms with Gasteiger partial charge in [-0.1, -0.05) is 26.7 Å². The van der Waals surface area contributed by atoms with Crippen LogP contribution in [0.1, 0.15) is 65.7 Å². The molecule has 116 valence electrons. The van der Waals surface area contributed by atoms with Crippen molar-refractivity contribution in [3.05, 3.63) is 0 Å². The van der Waals surface area contributed by atoms with Gasteiger partial charge in [-0.05, 0) is 65.1 Å². The van der Waals surface area contributed by atoms with Crippen LogP contribution >= 0.6 is 0 Å². The van der Waals surface area contributed by atoms with Crippen molar-refractivity contribution in [2.24, 2.45) is 5.92 Å². The molecule has 1 aliphatic rings. The quantitative estimate of drug-likeness (QED) is 0.701. The maximum absolute atomic E-state index is 9.21. The lowest BCUT2D eigenvalue weighted by atomic mass is 9.97. The topological polar surface area (TPSA) is 39.1 Å². The number of rotatable bonds is 9. The molecule has 0 saturated heterocycles. The Hall–Kier alpha value is -0.590. The molecule has 1 saturated carbocycles. The van der Waals surface area contributed by atoms with Crippen LogP contribution in [-0.2, 0) is 0 Å². The van der Waals surface area contributed by atoms with Gasteiger partial charge in [0.05, 0.1) is 6.07 Å². The molecular weight excluding hydrogens is 246 g/mol. The van der Waals surface area contributed by atoms with Crippen LogP contribution in [0.2, 0.25) is 0 Å². The Labute approximate surface area is 125 Å². The summed E-state index contributed by atoms with van der Waals surface area (Å²) in [6.07, 6.45) is 8.88. The summed E-state index contributed by atoms with van der Waals surface area (Å²) in [5, 5.41) is 12.4. The first-order valence-corrected chi connectivity index (χ1v) is 8.35. The van der Waals surface area contributed by atoms with Gasteiger partial charge in [-0.25, -0.2) is 0 Å². The lowest BCUT2D eigenvalue weighted by Crippen LogP contribution is -2.40. The molecule has 3 nitrogen and oxygen atoms in total. The van der Waals surface area contributed by atoms with Gasteiger partial charge in [0.25, 0.3) is 0 Å². The maximum atomic E-state index is 9.21. The largest absolute Gasteiger partial charge is 0.303 e. The Morgan fingerprint density at radius 1 is 1.30 bits per heavy atom. The molecule has 0 aliphatic heterocycles. The van der Waals surface area contributed by atoms with E-state index in [1.807, 2.05) is 14.0 Å². The van der Waals surface area contributed by atoms with Gasteiger partial charge in [0.15, 0.2) is 0 Å². The number of nitrogens with one attached hydrogen (secondary N) is 1. The Bertz CT molecular complexity index is 302. The van der Waals surface area contributed by atoms with E-state index in [4.69, 9.17) is 0 Å². The van der Waals surface area contributed by atoms with E-state index in [-0.39, 0.29) is 5.54 Å². The predicted molar refractivity (Wildman–Crippen MR) is 85.6 cm³/mol. The fourth-order valence-electron chi connectivity index (χ4n) is 3.04.